The van der Waals surface area contributed by atoms with E-state index in [1.807, 2.05) is 0 Å². The molecule has 0 unspecified atom stereocenters. The Kier molecular flexibility index (Phi) is 4.39. The first kappa shape index (κ1) is 14.8. The van der Waals surface area contributed by atoms with Crippen molar-refractivity contribution in [2.24, 2.45) is 0 Å². The number of carbonyl (C=O) groups is 1. The fraction of sp³-hybridized carbons (Fsp3) is 0.0714. The smallest absolute Gasteiger partial charge is 0.313 e. The SMILES string of the molecule is O=C(O)Cc1cccc(Oc2c(Cl)cccc2[N+](=O)[O-])c1. The minimum Gasteiger partial charge on any atom is -0.481 e. The average Bonchev–Trinajstić information content (AvgIpc) is 2.40. The highest BCUT2D eigenvalue weighted by molar-refractivity contribution is 6.32. The average molecular weight is 308 g/mol. The van der Waals surface area contributed by atoms with E-state index >= 15 is 0 Å². The maximum absolute atomic E-state index is 11.0. The van der Waals surface area contributed by atoms with E-state index in [2.05, 4.69) is 0 Å². The van der Waals surface area contributed by atoms with Gasteiger partial charge in [-0.2, -0.15) is 0 Å². The standard InChI is InChI=1S/C14H10ClNO5/c15-11-5-2-6-12(16(19)20)14(11)21-10-4-1-3-9(7-10)8-13(17)18/h1-7H,8H2,(H,17,18). The minimum absolute atomic E-state index is 0.0726. The van der Waals surface area contributed by atoms with Crippen LogP contribution in [0.5, 0.6) is 11.5 Å². The number of hydrogen-bond acceptors (Lipinski definition) is 4. The van der Waals surface area contributed by atoms with Gasteiger partial charge < -0.3 is 9.84 Å². The number of hydrogen-bond donors (Lipinski definition) is 1. The first-order valence-electron chi connectivity index (χ1n) is 5.89. The Morgan fingerprint density at radius 1 is 1.29 bits per heavy atom. The summed E-state index contributed by atoms with van der Waals surface area (Å²) in [6.45, 7) is 0. The first-order chi connectivity index (χ1) is 9.97. The van der Waals surface area contributed by atoms with Crippen LogP contribution in [0.1, 0.15) is 5.56 Å². The fourth-order valence-corrected chi connectivity index (χ4v) is 1.96. The summed E-state index contributed by atoms with van der Waals surface area (Å²) in [5.74, 6) is -0.766. The predicted octanol–water partition coefficient (Wildman–Crippen LogP) is 3.67. The summed E-state index contributed by atoms with van der Waals surface area (Å²) in [4.78, 5) is 21.1. The molecular weight excluding hydrogens is 298 g/mol. The summed E-state index contributed by atoms with van der Waals surface area (Å²) in [5, 5.41) is 19.8. The minimum atomic E-state index is -0.976. The van der Waals surface area contributed by atoms with Gasteiger partial charge >= 0.3 is 11.7 Å². The van der Waals surface area contributed by atoms with Gasteiger partial charge in [0.1, 0.15) is 5.75 Å². The van der Waals surface area contributed by atoms with Gasteiger partial charge in [0.2, 0.25) is 5.75 Å². The van der Waals surface area contributed by atoms with E-state index in [9.17, 15) is 14.9 Å². The molecule has 0 heterocycles. The molecule has 0 amide bonds. The van der Waals surface area contributed by atoms with Crippen LogP contribution in [-0.4, -0.2) is 16.0 Å². The van der Waals surface area contributed by atoms with Gasteiger partial charge in [-0.25, -0.2) is 0 Å². The molecule has 1 N–H and O–H groups in total. The number of rotatable bonds is 5. The number of aliphatic carboxylic acids is 1. The van der Waals surface area contributed by atoms with Crippen molar-refractivity contribution in [1.82, 2.24) is 0 Å². The van der Waals surface area contributed by atoms with E-state index in [0.717, 1.165) is 0 Å². The highest BCUT2D eigenvalue weighted by Crippen LogP contribution is 2.37. The van der Waals surface area contributed by atoms with Crippen molar-refractivity contribution in [3.8, 4) is 11.5 Å². The molecule has 0 fully saturated rings. The number of ether oxygens (including phenoxy) is 1. The van der Waals surface area contributed by atoms with E-state index in [-0.39, 0.29) is 28.6 Å². The zero-order valence-corrected chi connectivity index (χ0v) is 11.4. The second kappa shape index (κ2) is 6.23. The van der Waals surface area contributed by atoms with Crippen LogP contribution in [0.3, 0.4) is 0 Å². The number of carboxylic acid groups (broad SMARTS) is 1. The number of benzene rings is 2. The maximum atomic E-state index is 11.0. The van der Waals surface area contributed by atoms with Crippen molar-refractivity contribution in [1.29, 1.82) is 0 Å². The van der Waals surface area contributed by atoms with Gasteiger partial charge in [-0.1, -0.05) is 29.8 Å². The van der Waals surface area contributed by atoms with Gasteiger partial charge in [0.15, 0.2) is 0 Å². The number of carboxylic acids is 1. The van der Waals surface area contributed by atoms with Crippen LogP contribution < -0.4 is 4.74 Å². The number of nitro benzene ring substituents is 1. The van der Waals surface area contributed by atoms with Gasteiger partial charge in [-0.05, 0) is 23.8 Å². The lowest BCUT2D eigenvalue weighted by Gasteiger charge is -2.09. The van der Waals surface area contributed by atoms with Gasteiger partial charge in [0, 0.05) is 6.07 Å². The molecular formula is C14H10ClNO5. The molecule has 108 valence electrons. The molecule has 0 spiro atoms. The molecule has 7 heteroatoms. The highest BCUT2D eigenvalue weighted by atomic mass is 35.5. The third-order valence-corrected chi connectivity index (χ3v) is 2.91. The third kappa shape index (κ3) is 3.70. The number of halogens is 1. The Hall–Kier alpha value is -2.60. The van der Waals surface area contributed by atoms with E-state index in [1.54, 1.807) is 18.2 Å². The monoisotopic (exact) mass is 307 g/mol. The van der Waals surface area contributed by atoms with Crippen LogP contribution in [0.2, 0.25) is 5.02 Å². The lowest BCUT2D eigenvalue weighted by Crippen LogP contribution is -2.00. The predicted molar refractivity (Wildman–Crippen MR) is 76.0 cm³/mol. The molecule has 6 nitrogen and oxygen atoms in total. The van der Waals surface area contributed by atoms with E-state index < -0.39 is 10.9 Å². The summed E-state index contributed by atoms with van der Waals surface area (Å²) in [6, 6.07) is 10.5. The van der Waals surface area contributed by atoms with Gasteiger partial charge in [0.05, 0.1) is 16.4 Å². The lowest BCUT2D eigenvalue weighted by atomic mass is 10.1. The van der Waals surface area contributed by atoms with Crippen LogP contribution in [0.25, 0.3) is 0 Å². The molecule has 2 aromatic carbocycles. The molecule has 0 saturated heterocycles. The van der Waals surface area contributed by atoms with Gasteiger partial charge in [0.25, 0.3) is 0 Å². The molecule has 0 atom stereocenters. The molecule has 21 heavy (non-hydrogen) atoms. The van der Waals surface area contributed by atoms with Crippen molar-refractivity contribution < 1.29 is 19.6 Å². The Labute approximate surface area is 124 Å². The van der Waals surface area contributed by atoms with Gasteiger partial charge in [-0.15, -0.1) is 0 Å². The molecule has 0 aliphatic heterocycles. The summed E-state index contributed by atoms with van der Waals surface area (Å²) in [7, 11) is 0. The van der Waals surface area contributed by atoms with Gasteiger partial charge in [-0.3, -0.25) is 14.9 Å². The van der Waals surface area contributed by atoms with Crippen LogP contribution in [0.4, 0.5) is 5.69 Å². The number of nitrogens with zero attached hydrogens (tertiary/aromatic N) is 1. The number of nitro groups is 1. The second-order valence-corrected chi connectivity index (χ2v) is 4.57. The third-order valence-electron chi connectivity index (χ3n) is 2.62. The Balaban J connectivity index is 2.34. The van der Waals surface area contributed by atoms with Crippen molar-refractivity contribution in [3.63, 3.8) is 0 Å². The quantitative estimate of drug-likeness (QED) is 0.672. The lowest BCUT2D eigenvalue weighted by molar-refractivity contribution is -0.385. The molecule has 0 radical (unpaired) electrons. The van der Waals surface area contributed by atoms with E-state index in [4.69, 9.17) is 21.4 Å². The summed E-state index contributed by atoms with van der Waals surface area (Å²) in [6.07, 6.45) is -0.165. The first-order valence-corrected chi connectivity index (χ1v) is 6.26. The Morgan fingerprint density at radius 3 is 2.67 bits per heavy atom. The zero-order chi connectivity index (χ0) is 15.4. The largest absolute Gasteiger partial charge is 0.481 e. The molecule has 2 rings (SSSR count). The molecule has 0 saturated carbocycles. The molecule has 0 bridgehead atoms. The Morgan fingerprint density at radius 2 is 2.00 bits per heavy atom. The molecule has 0 aromatic heterocycles. The highest BCUT2D eigenvalue weighted by Gasteiger charge is 2.19. The van der Waals surface area contributed by atoms with E-state index in [0.29, 0.717) is 5.56 Å². The molecule has 0 aliphatic carbocycles. The maximum Gasteiger partial charge on any atom is 0.313 e. The van der Waals surface area contributed by atoms with Crippen LogP contribution in [0, 0.1) is 10.1 Å². The van der Waals surface area contributed by atoms with Crippen molar-refractivity contribution in [2.45, 2.75) is 6.42 Å². The second-order valence-electron chi connectivity index (χ2n) is 4.17. The zero-order valence-electron chi connectivity index (χ0n) is 10.7. The normalized spacial score (nSPS) is 10.1. The van der Waals surface area contributed by atoms with Crippen LogP contribution >= 0.6 is 11.6 Å². The molecule has 2 aromatic rings. The van der Waals surface area contributed by atoms with Crippen molar-refractivity contribution >= 4 is 23.3 Å². The van der Waals surface area contributed by atoms with Crippen molar-refractivity contribution in [3.05, 3.63) is 63.2 Å². The topological polar surface area (TPSA) is 89.7 Å². The van der Waals surface area contributed by atoms with Crippen LogP contribution in [0.15, 0.2) is 42.5 Å². The van der Waals surface area contributed by atoms with E-state index in [1.165, 1.54) is 24.3 Å². The summed E-state index contributed by atoms with van der Waals surface area (Å²) >= 11 is 5.92. The fourth-order valence-electron chi connectivity index (χ4n) is 1.75. The summed E-state index contributed by atoms with van der Waals surface area (Å²) in [5.41, 5.74) is 0.265. The molecule has 0 aliphatic rings. The number of para-hydroxylation sites is 1. The van der Waals surface area contributed by atoms with Crippen LogP contribution in [-0.2, 0) is 11.2 Å². The Bertz CT molecular complexity index is 702. The summed E-state index contributed by atoms with van der Waals surface area (Å²) < 4.78 is 5.46. The van der Waals surface area contributed by atoms with Crippen molar-refractivity contribution in [2.75, 3.05) is 0 Å².